The van der Waals surface area contributed by atoms with Gasteiger partial charge in [-0.2, -0.15) is 10.3 Å². The number of aromatic nitrogens is 4. The van der Waals surface area contributed by atoms with Crippen LogP contribution < -0.4 is 16.8 Å². The Bertz CT molecular complexity index is 1650. The lowest BCUT2D eigenvalue weighted by molar-refractivity contribution is 0.616. The van der Waals surface area contributed by atoms with Gasteiger partial charge in [-0.05, 0) is 77.0 Å². The number of fused-ring (bicyclic) bond motifs is 2. The van der Waals surface area contributed by atoms with Crippen LogP contribution >= 0.6 is 0 Å². The minimum atomic E-state index is -0.110. The maximum atomic E-state index is 6.32. The number of rotatable bonds is 10. The van der Waals surface area contributed by atoms with E-state index in [1.165, 1.54) is 27.8 Å². The van der Waals surface area contributed by atoms with Crippen molar-refractivity contribution in [2.75, 3.05) is 12.3 Å². The number of aromatic amines is 1. The highest BCUT2D eigenvalue weighted by Crippen LogP contribution is 2.38. The third kappa shape index (κ3) is 6.09. The van der Waals surface area contributed by atoms with Crippen LogP contribution in [-0.2, 0) is 19.5 Å². The summed E-state index contributed by atoms with van der Waals surface area (Å²) in [4.78, 5) is 9.24. The molecule has 42 heavy (non-hydrogen) atoms. The van der Waals surface area contributed by atoms with Gasteiger partial charge in [0.25, 0.3) is 0 Å². The lowest BCUT2D eigenvalue weighted by atomic mass is 9.81. The van der Waals surface area contributed by atoms with Gasteiger partial charge in [0.1, 0.15) is 11.3 Å². The molecule has 8 heteroatoms. The first-order chi connectivity index (χ1) is 20.7. The van der Waals surface area contributed by atoms with Crippen LogP contribution in [0.2, 0.25) is 0 Å². The van der Waals surface area contributed by atoms with E-state index < -0.39 is 0 Å². The van der Waals surface area contributed by atoms with Crippen molar-refractivity contribution in [1.82, 2.24) is 25.7 Å². The Kier molecular flexibility index (Phi) is 8.33. The van der Waals surface area contributed by atoms with E-state index in [0.29, 0.717) is 23.5 Å². The maximum absolute atomic E-state index is 6.32. The van der Waals surface area contributed by atoms with E-state index >= 15 is 0 Å². The summed E-state index contributed by atoms with van der Waals surface area (Å²) >= 11 is 0. The molecule has 8 nitrogen and oxygen atoms in total. The molecule has 0 radical (unpaired) electrons. The molecule has 3 aromatic carbocycles. The van der Waals surface area contributed by atoms with Gasteiger partial charge in [0.05, 0.1) is 6.54 Å². The van der Waals surface area contributed by atoms with Crippen LogP contribution in [0.5, 0.6) is 0 Å². The zero-order valence-corrected chi connectivity index (χ0v) is 23.6. The van der Waals surface area contributed by atoms with Crippen molar-refractivity contribution in [1.29, 1.82) is 0 Å². The van der Waals surface area contributed by atoms with Crippen LogP contribution in [0.3, 0.4) is 0 Å². The molecule has 0 fully saturated rings. The summed E-state index contributed by atoms with van der Waals surface area (Å²) in [6.07, 6.45) is 6.29. The average molecular weight is 557 g/mol. The molecule has 6 N–H and O–H groups in total. The molecule has 0 aliphatic carbocycles. The van der Waals surface area contributed by atoms with Crippen molar-refractivity contribution in [2.45, 2.75) is 44.2 Å². The van der Waals surface area contributed by atoms with Crippen molar-refractivity contribution in [3.63, 3.8) is 0 Å². The fourth-order valence-electron chi connectivity index (χ4n) is 6.01. The van der Waals surface area contributed by atoms with Crippen molar-refractivity contribution in [2.24, 2.45) is 10.7 Å². The molecule has 0 spiro atoms. The molecule has 3 heterocycles. The predicted octanol–water partition coefficient (Wildman–Crippen LogP) is 5.39. The fraction of sp³-hybridized carbons (Fsp3) is 0.235. The summed E-state index contributed by atoms with van der Waals surface area (Å²) in [5.74, 6) is 0.500. The number of pyridine rings is 1. The number of nitrogens with two attached hydrogens (primary N) is 2. The van der Waals surface area contributed by atoms with Crippen LogP contribution in [0.4, 0.5) is 5.82 Å². The van der Waals surface area contributed by atoms with E-state index in [4.69, 9.17) is 16.5 Å². The van der Waals surface area contributed by atoms with Crippen LogP contribution in [0.1, 0.15) is 58.1 Å². The van der Waals surface area contributed by atoms with Crippen molar-refractivity contribution in [3.05, 3.63) is 130 Å². The summed E-state index contributed by atoms with van der Waals surface area (Å²) in [7, 11) is 0. The highest BCUT2D eigenvalue weighted by molar-refractivity contribution is 5.84. The summed E-state index contributed by atoms with van der Waals surface area (Å²) in [6.45, 7) is 2.53. The molecule has 1 aliphatic heterocycles. The van der Waals surface area contributed by atoms with Crippen molar-refractivity contribution < 1.29 is 0 Å². The number of aliphatic imine (C=N–C) groups is 1. The number of benzene rings is 3. The normalized spacial score (nSPS) is 14.5. The maximum Gasteiger partial charge on any atom is 0.203 e. The third-order valence-electron chi connectivity index (χ3n) is 8.13. The first-order valence-electron chi connectivity index (χ1n) is 14.5. The summed E-state index contributed by atoms with van der Waals surface area (Å²) in [6, 6.07) is 29.8. The Labute approximate surface area is 246 Å². The van der Waals surface area contributed by atoms with E-state index in [1.54, 1.807) is 6.20 Å². The molecule has 0 amide bonds. The number of H-pyrrole nitrogens is 1. The monoisotopic (exact) mass is 556 g/mol. The second-order valence-corrected chi connectivity index (χ2v) is 10.8. The highest BCUT2D eigenvalue weighted by Gasteiger charge is 2.24. The minimum Gasteiger partial charge on any atom is -0.404 e. The zero-order chi connectivity index (χ0) is 28.7. The van der Waals surface area contributed by atoms with E-state index in [1.807, 2.05) is 12.3 Å². The van der Waals surface area contributed by atoms with E-state index in [0.717, 1.165) is 43.5 Å². The fourth-order valence-corrected chi connectivity index (χ4v) is 6.01. The van der Waals surface area contributed by atoms with Gasteiger partial charge in [0.15, 0.2) is 0 Å². The lowest BCUT2D eigenvalue weighted by Gasteiger charge is -2.23. The molecular weight excluding hydrogens is 520 g/mol. The van der Waals surface area contributed by atoms with Gasteiger partial charge < -0.3 is 16.8 Å². The molecule has 0 saturated heterocycles. The van der Waals surface area contributed by atoms with Gasteiger partial charge in [-0.25, -0.2) is 4.98 Å². The second kappa shape index (κ2) is 12.8. The van der Waals surface area contributed by atoms with Gasteiger partial charge in [-0.3, -0.25) is 4.99 Å². The van der Waals surface area contributed by atoms with E-state index in [2.05, 4.69) is 105 Å². The van der Waals surface area contributed by atoms with E-state index in [9.17, 15) is 0 Å². The number of nitrogens with zero attached hydrogens (tertiary/aromatic N) is 4. The number of allylic oxidation sites excluding steroid dienone is 1. The number of hydrogen-bond acceptors (Lipinski definition) is 7. The number of anilines is 1. The molecule has 212 valence electrons. The summed E-state index contributed by atoms with van der Waals surface area (Å²) in [5.41, 5.74) is 22.1. The Hall–Kier alpha value is -4.82. The first kappa shape index (κ1) is 27.4. The van der Waals surface area contributed by atoms with Gasteiger partial charge in [-0.15, -0.1) is 5.10 Å². The quantitative estimate of drug-likeness (QED) is 0.171. The van der Waals surface area contributed by atoms with Crippen LogP contribution in [0, 0.1) is 0 Å². The van der Waals surface area contributed by atoms with Gasteiger partial charge in [0, 0.05) is 24.6 Å². The molecular formula is C34H36N8. The Morgan fingerprint density at radius 1 is 0.905 bits per heavy atom. The Morgan fingerprint density at radius 2 is 1.67 bits per heavy atom. The molecule has 5 aromatic rings. The Balaban J connectivity index is 1.31. The van der Waals surface area contributed by atoms with Gasteiger partial charge in [0.2, 0.25) is 5.65 Å². The summed E-state index contributed by atoms with van der Waals surface area (Å²) < 4.78 is 0. The highest BCUT2D eigenvalue weighted by atomic mass is 15.3. The Morgan fingerprint density at radius 3 is 2.40 bits per heavy atom. The minimum absolute atomic E-state index is 0.110. The largest absolute Gasteiger partial charge is 0.404 e. The molecule has 1 atom stereocenters. The SMILES string of the molecule is NC=C(C=NCc1ccc2c(c1)CCNC2)C(CCC(c1ccccc1)c1ccccc1)c1cc(N)nc2n[nH]nc12. The number of nitrogen functional groups attached to an aromatic ring is 1. The number of nitrogens with one attached hydrogen (secondary N) is 2. The van der Waals surface area contributed by atoms with E-state index in [-0.39, 0.29) is 11.8 Å². The van der Waals surface area contributed by atoms with Gasteiger partial charge >= 0.3 is 0 Å². The first-order valence-corrected chi connectivity index (χ1v) is 14.5. The van der Waals surface area contributed by atoms with Gasteiger partial charge in [-0.1, -0.05) is 78.9 Å². The third-order valence-corrected chi connectivity index (χ3v) is 8.13. The molecule has 6 rings (SSSR count). The predicted molar refractivity (Wildman–Crippen MR) is 169 cm³/mol. The molecule has 1 unspecified atom stereocenters. The molecule has 2 aromatic heterocycles. The molecule has 0 saturated carbocycles. The number of hydrogen-bond donors (Lipinski definition) is 4. The van der Waals surface area contributed by atoms with Crippen molar-refractivity contribution >= 4 is 23.2 Å². The molecule has 0 bridgehead atoms. The standard InChI is InChI=1S/C34H36N8/c35-19-28(22-38-20-23-11-12-27-21-37-16-15-26(27)17-23)30(31-18-32(36)39-34-33(31)40-42-41-34)14-13-29(24-7-3-1-4-8-24)25-9-5-2-6-10-25/h1-12,17-19,22,29-30,37H,13-16,20-21,35H2,(H3,36,39,40,41,42). The van der Waals surface area contributed by atoms with Crippen LogP contribution in [0.25, 0.3) is 11.2 Å². The smallest absolute Gasteiger partial charge is 0.203 e. The topological polar surface area (TPSA) is 131 Å². The molecule has 1 aliphatic rings. The van der Waals surface area contributed by atoms with Crippen molar-refractivity contribution in [3.8, 4) is 0 Å². The van der Waals surface area contributed by atoms with Crippen LogP contribution in [-0.4, -0.2) is 33.2 Å². The second-order valence-electron chi connectivity index (χ2n) is 10.8. The zero-order valence-electron chi connectivity index (χ0n) is 23.6. The van der Waals surface area contributed by atoms with Crippen LogP contribution in [0.15, 0.2) is 102 Å². The average Bonchev–Trinajstić information content (AvgIpc) is 3.51. The summed E-state index contributed by atoms with van der Waals surface area (Å²) in [5, 5.41) is 14.8. The lowest BCUT2D eigenvalue weighted by Crippen LogP contribution is -2.23.